The van der Waals surface area contributed by atoms with Crippen LogP contribution in [0.3, 0.4) is 0 Å². The lowest BCUT2D eigenvalue weighted by Crippen LogP contribution is -2.27. The number of hydrogen-bond donors (Lipinski definition) is 1. The van der Waals surface area contributed by atoms with Gasteiger partial charge in [0.25, 0.3) is 0 Å². The number of esters is 2. The molecular formula is C15H19ClO5. The highest BCUT2D eigenvalue weighted by molar-refractivity contribution is 6.30. The second-order valence-corrected chi connectivity index (χ2v) is 5.36. The summed E-state index contributed by atoms with van der Waals surface area (Å²) in [6, 6.07) is 6.82. The molecule has 1 atom stereocenters. The summed E-state index contributed by atoms with van der Waals surface area (Å²) >= 11 is 5.74. The van der Waals surface area contributed by atoms with Gasteiger partial charge in [-0.2, -0.15) is 0 Å². The van der Waals surface area contributed by atoms with Gasteiger partial charge in [0.05, 0.1) is 12.3 Å². The molecule has 0 aliphatic heterocycles. The average molecular weight is 315 g/mol. The van der Waals surface area contributed by atoms with Crippen LogP contribution in [0.25, 0.3) is 0 Å². The molecule has 1 aromatic carbocycles. The first-order chi connectivity index (χ1) is 9.88. The molecule has 0 spiro atoms. The van der Waals surface area contributed by atoms with Gasteiger partial charge in [-0.1, -0.05) is 37.6 Å². The first kappa shape index (κ1) is 17.5. The van der Waals surface area contributed by atoms with E-state index in [1.165, 1.54) is 0 Å². The second kappa shape index (κ2) is 8.64. The Kier molecular flexibility index (Phi) is 7.19. The minimum atomic E-state index is -1.03. The van der Waals surface area contributed by atoms with Gasteiger partial charge in [0, 0.05) is 5.02 Å². The number of aliphatic hydroxyl groups is 1. The van der Waals surface area contributed by atoms with E-state index < -0.39 is 18.0 Å². The van der Waals surface area contributed by atoms with E-state index in [1.54, 1.807) is 38.1 Å². The van der Waals surface area contributed by atoms with Crippen molar-refractivity contribution in [3.05, 3.63) is 34.9 Å². The van der Waals surface area contributed by atoms with Crippen LogP contribution >= 0.6 is 11.6 Å². The highest BCUT2D eigenvalue weighted by atomic mass is 35.5. The highest BCUT2D eigenvalue weighted by Gasteiger charge is 2.14. The first-order valence-electron chi connectivity index (χ1n) is 6.63. The third-order valence-corrected chi connectivity index (χ3v) is 2.84. The molecule has 0 heterocycles. The van der Waals surface area contributed by atoms with Gasteiger partial charge >= 0.3 is 11.9 Å². The molecule has 1 aromatic rings. The maximum absolute atomic E-state index is 11.6. The van der Waals surface area contributed by atoms with Crippen molar-refractivity contribution in [2.75, 3.05) is 13.2 Å². The summed E-state index contributed by atoms with van der Waals surface area (Å²) in [6.45, 7) is 2.99. The Morgan fingerprint density at radius 1 is 1.14 bits per heavy atom. The maximum atomic E-state index is 11.6. The molecule has 0 aliphatic carbocycles. The summed E-state index contributed by atoms with van der Waals surface area (Å²) in [7, 11) is 0. The number of benzene rings is 1. The van der Waals surface area contributed by atoms with Gasteiger partial charge in [-0.3, -0.25) is 9.59 Å². The van der Waals surface area contributed by atoms with E-state index in [1.807, 2.05) is 0 Å². The van der Waals surface area contributed by atoms with Crippen LogP contribution < -0.4 is 0 Å². The SMILES string of the molecule is CC(C)C(=O)OCC(O)COC(=O)Cc1ccc(Cl)cc1. The molecule has 0 radical (unpaired) electrons. The van der Waals surface area contributed by atoms with Crippen molar-refractivity contribution < 1.29 is 24.2 Å². The summed E-state index contributed by atoms with van der Waals surface area (Å²) in [4.78, 5) is 22.8. The molecule has 0 fully saturated rings. The predicted octanol–water partition coefficient (Wildman–Crippen LogP) is 1.99. The van der Waals surface area contributed by atoms with E-state index in [4.69, 9.17) is 21.1 Å². The molecule has 0 aliphatic rings. The fourth-order valence-electron chi connectivity index (χ4n) is 1.40. The van der Waals surface area contributed by atoms with E-state index in [-0.39, 0.29) is 25.6 Å². The van der Waals surface area contributed by atoms with Crippen LogP contribution in [0.4, 0.5) is 0 Å². The number of halogens is 1. The van der Waals surface area contributed by atoms with Crippen LogP contribution in [0.5, 0.6) is 0 Å². The molecule has 0 saturated carbocycles. The first-order valence-corrected chi connectivity index (χ1v) is 7.01. The van der Waals surface area contributed by atoms with Gasteiger partial charge < -0.3 is 14.6 Å². The third kappa shape index (κ3) is 7.11. The molecule has 116 valence electrons. The fourth-order valence-corrected chi connectivity index (χ4v) is 1.53. The van der Waals surface area contributed by atoms with Crippen molar-refractivity contribution in [2.24, 2.45) is 5.92 Å². The van der Waals surface area contributed by atoms with Crippen molar-refractivity contribution in [1.29, 1.82) is 0 Å². The van der Waals surface area contributed by atoms with Crippen molar-refractivity contribution in [1.82, 2.24) is 0 Å². The molecule has 1 unspecified atom stereocenters. The number of hydrogen-bond acceptors (Lipinski definition) is 5. The van der Waals surface area contributed by atoms with E-state index in [9.17, 15) is 14.7 Å². The summed E-state index contributed by atoms with van der Waals surface area (Å²) in [6.07, 6.45) is -0.933. The average Bonchev–Trinajstić information content (AvgIpc) is 2.44. The third-order valence-electron chi connectivity index (χ3n) is 2.59. The molecule has 5 nitrogen and oxygen atoms in total. The minimum absolute atomic E-state index is 0.0929. The molecule has 0 saturated heterocycles. The van der Waals surface area contributed by atoms with E-state index in [2.05, 4.69) is 0 Å². The van der Waals surface area contributed by atoms with Crippen LogP contribution in [0.15, 0.2) is 24.3 Å². The van der Waals surface area contributed by atoms with Crippen LogP contribution in [0.2, 0.25) is 5.02 Å². The molecular weight excluding hydrogens is 296 g/mol. The molecule has 0 bridgehead atoms. The molecule has 6 heteroatoms. The van der Waals surface area contributed by atoms with Crippen LogP contribution in [-0.4, -0.2) is 36.4 Å². The van der Waals surface area contributed by atoms with Gasteiger partial charge in [-0.25, -0.2) is 0 Å². The van der Waals surface area contributed by atoms with Gasteiger partial charge in [-0.05, 0) is 17.7 Å². The zero-order valence-electron chi connectivity index (χ0n) is 12.0. The van der Waals surface area contributed by atoms with Crippen LogP contribution in [0.1, 0.15) is 19.4 Å². The summed E-state index contributed by atoms with van der Waals surface area (Å²) in [5.41, 5.74) is 0.769. The van der Waals surface area contributed by atoms with Crippen molar-refractivity contribution in [2.45, 2.75) is 26.4 Å². The maximum Gasteiger partial charge on any atom is 0.310 e. The quantitative estimate of drug-likeness (QED) is 0.779. The van der Waals surface area contributed by atoms with Gasteiger partial charge in [0.2, 0.25) is 0 Å². The van der Waals surface area contributed by atoms with Gasteiger partial charge in [0.1, 0.15) is 19.3 Å². The lowest BCUT2D eigenvalue weighted by Gasteiger charge is -2.13. The van der Waals surface area contributed by atoms with E-state index >= 15 is 0 Å². The van der Waals surface area contributed by atoms with Crippen molar-refractivity contribution in [3.8, 4) is 0 Å². The standard InChI is InChI=1S/C15H19ClO5/c1-10(2)15(19)21-9-13(17)8-20-14(18)7-11-3-5-12(16)6-4-11/h3-6,10,13,17H,7-9H2,1-2H3. The molecule has 1 rings (SSSR count). The number of carbonyl (C=O) groups is 2. The topological polar surface area (TPSA) is 72.8 Å². The smallest absolute Gasteiger partial charge is 0.310 e. The molecule has 1 N–H and O–H groups in total. The number of aliphatic hydroxyl groups excluding tert-OH is 1. The Bertz CT molecular complexity index is 469. The Hall–Kier alpha value is -1.59. The van der Waals surface area contributed by atoms with E-state index in [0.29, 0.717) is 5.02 Å². The van der Waals surface area contributed by atoms with Gasteiger partial charge in [-0.15, -0.1) is 0 Å². The number of rotatable bonds is 7. The number of ether oxygens (including phenoxy) is 2. The minimum Gasteiger partial charge on any atom is -0.463 e. The Labute approximate surface area is 128 Å². The Morgan fingerprint density at radius 3 is 2.29 bits per heavy atom. The molecule has 0 amide bonds. The summed E-state index contributed by atoms with van der Waals surface area (Å²) < 4.78 is 9.75. The van der Waals surface area contributed by atoms with Crippen LogP contribution in [-0.2, 0) is 25.5 Å². The van der Waals surface area contributed by atoms with Crippen molar-refractivity contribution >= 4 is 23.5 Å². The second-order valence-electron chi connectivity index (χ2n) is 4.92. The summed E-state index contributed by atoms with van der Waals surface area (Å²) in [5, 5.41) is 10.2. The van der Waals surface area contributed by atoms with E-state index in [0.717, 1.165) is 5.56 Å². The Balaban J connectivity index is 2.26. The predicted molar refractivity (Wildman–Crippen MR) is 77.9 cm³/mol. The highest BCUT2D eigenvalue weighted by Crippen LogP contribution is 2.10. The van der Waals surface area contributed by atoms with Crippen LogP contribution in [0, 0.1) is 5.92 Å². The molecule has 21 heavy (non-hydrogen) atoms. The zero-order chi connectivity index (χ0) is 15.8. The Morgan fingerprint density at radius 2 is 1.71 bits per heavy atom. The largest absolute Gasteiger partial charge is 0.463 e. The number of carbonyl (C=O) groups excluding carboxylic acids is 2. The molecule has 0 aromatic heterocycles. The lowest BCUT2D eigenvalue weighted by molar-refractivity contribution is -0.154. The summed E-state index contributed by atoms with van der Waals surface area (Å²) in [5.74, 6) is -1.13. The van der Waals surface area contributed by atoms with Gasteiger partial charge in [0.15, 0.2) is 0 Å². The monoisotopic (exact) mass is 314 g/mol. The van der Waals surface area contributed by atoms with Crippen molar-refractivity contribution in [3.63, 3.8) is 0 Å². The normalized spacial score (nSPS) is 12.0. The lowest BCUT2D eigenvalue weighted by atomic mass is 10.1. The fraction of sp³-hybridized carbons (Fsp3) is 0.467. The zero-order valence-corrected chi connectivity index (χ0v) is 12.8.